The highest BCUT2D eigenvalue weighted by atomic mass is 16.2. The summed E-state index contributed by atoms with van der Waals surface area (Å²) in [5.41, 5.74) is 0. The molecule has 0 saturated carbocycles. The Balaban J connectivity index is 0. The van der Waals surface area contributed by atoms with Gasteiger partial charge in [0, 0.05) is 19.0 Å². The summed E-state index contributed by atoms with van der Waals surface area (Å²) in [6.45, 7) is 13.5. The maximum atomic E-state index is 11.5. The van der Waals surface area contributed by atoms with Gasteiger partial charge in [-0.15, -0.1) is 0 Å². The molecule has 1 fully saturated rings. The summed E-state index contributed by atoms with van der Waals surface area (Å²) >= 11 is 0. The first-order chi connectivity index (χ1) is 6.52. The standard InChI is InChI=1S/C10H19NO.C2H6.CH4/c1-7(2)9-5-10(12)11(6-9)8(3)4;1-2;/h7-9H,5-6H2,1-4H3;1-2H3;1H4. The molecule has 0 spiro atoms. The summed E-state index contributed by atoms with van der Waals surface area (Å²) in [6.07, 6.45) is 0.760. The van der Waals surface area contributed by atoms with E-state index in [1.54, 1.807) is 0 Å². The third-order valence-electron chi connectivity index (χ3n) is 2.75. The van der Waals surface area contributed by atoms with Gasteiger partial charge in [-0.25, -0.2) is 0 Å². The van der Waals surface area contributed by atoms with Crippen molar-refractivity contribution in [2.24, 2.45) is 11.8 Å². The molecule has 2 heteroatoms. The van der Waals surface area contributed by atoms with E-state index in [9.17, 15) is 4.79 Å². The van der Waals surface area contributed by atoms with Gasteiger partial charge in [-0.3, -0.25) is 4.79 Å². The van der Waals surface area contributed by atoms with E-state index >= 15 is 0 Å². The molecule has 1 aliphatic heterocycles. The molecule has 0 N–H and O–H groups in total. The van der Waals surface area contributed by atoms with E-state index in [2.05, 4.69) is 27.7 Å². The van der Waals surface area contributed by atoms with E-state index in [-0.39, 0.29) is 7.43 Å². The SMILES string of the molecule is C.CC.CC(C)C1CC(=O)N(C(C)C)C1. The van der Waals surface area contributed by atoms with Crippen LogP contribution in [-0.4, -0.2) is 23.4 Å². The Morgan fingerprint density at radius 3 is 1.87 bits per heavy atom. The number of likely N-dealkylation sites (tertiary alicyclic amines) is 1. The molecule has 1 heterocycles. The van der Waals surface area contributed by atoms with Gasteiger partial charge in [0.05, 0.1) is 0 Å². The van der Waals surface area contributed by atoms with Crippen molar-refractivity contribution in [1.82, 2.24) is 4.90 Å². The summed E-state index contributed by atoms with van der Waals surface area (Å²) in [5.74, 6) is 1.56. The minimum atomic E-state index is 0. The second-order valence-electron chi connectivity index (χ2n) is 4.35. The number of hydrogen-bond acceptors (Lipinski definition) is 1. The molecule has 0 aromatic heterocycles. The molecule has 1 saturated heterocycles. The van der Waals surface area contributed by atoms with Gasteiger partial charge < -0.3 is 4.90 Å². The fraction of sp³-hybridized carbons (Fsp3) is 0.923. The van der Waals surface area contributed by atoms with Gasteiger partial charge in [-0.1, -0.05) is 35.1 Å². The van der Waals surface area contributed by atoms with E-state index in [1.807, 2.05) is 18.7 Å². The predicted molar refractivity (Wildman–Crippen MR) is 67.9 cm³/mol. The topological polar surface area (TPSA) is 20.3 Å². The third kappa shape index (κ3) is 4.67. The number of rotatable bonds is 2. The number of carbonyl (C=O) groups is 1. The minimum absolute atomic E-state index is 0. The quantitative estimate of drug-likeness (QED) is 0.689. The van der Waals surface area contributed by atoms with Crippen LogP contribution in [0.2, 0.25) is 0 Å². The maximum absolute atomic E-state index is 11.5. The summed E-state index contributed by atoms with van der Waals surface area (Å²) in [6, 6.07) is 0.376. The molecule has 1 atom stereocenters. The predicted octanol–water partition coefficient (Wildman–Crippen LogP) is 3.56. The van der Waals surface area contributed by atoms with Gasteiger partial charge in [0.2, 0.25) is 5.91 Å². The lowest BCUT2D eigenvalue weighted by atomic mass is 9.95. The average molecular weight is 215 g/mol. The lowest BCUT2D eigenvalue weighted by Crippen LogP contribution is -2.32. The third-order valence-corrected chi connectivity index (χ3v) is 2.75. The zero-order chi connectivity index (χ0) is 11.3. The molecule has 15 heavy (non-hydrogen) atoms. The van der Waals surface area contributed by atoms with Crippen molar-refractivity contribution in [3.63, 3.8) is 0 Å². The van der Waals surface area contributed by atoms with Gasteiger partial charge in [0.15, 0.2) is 0 Å². The van der Waals surface area contributed by atoms with Crippen molar-refractivity contribution >= 4 is 5.91 Å². The molecule has 92 valence electrons. The first-order valence-corrected chi connectivity index (χ1v) is 5.81. The fourth-order valence-corrected chi connectivity index (χ4v) is 1.71. The highest BCUT2D eigenvalue weighted by molar-refractivity contribution is 5.78. The number of amides is 1. The summed E-state index contributed by atoms with van der Waals surface area (Å²) in [4.78, 5) is 13.4. The summed E-state index contributed by atoms with van der Waals surface area (Å²) in [7, 11) is 0. The van der Waals surface area contributed by atoms with Crippen molar-refractivity contribution in [3.8, 4) is 0 Å². The average Bonchev–Trinajstić information content (AvgIpc) is 2.51. The van der Waals surface area contributed by atoms with Crippen molar-refractivity contribution in [2.45, 2.75) is 61.4 Å². The van der Waals surface area contributed by atoms with Crippen LogP contribution in [-0.2, 0) is 4.79 Å². The van der Waals surface area contributed by atoms with Crippen LogP contribution in [0.1, 0.15) is 55.4 Å². The number of nitrogens with zero attached hydrogens (tertiary/aromatic N) is 1. The minimum Gasteiger partial charge on any atom is -0.340 e. The van der Waals surface area contributed by atoms with Crippen molar-refractivity contribution in [1.29, 1.82) is 0 Å². The smallest absolute Gasteiger partial charge is 0.223 e. The maximum Gasteiger partial charge on any atom is 0.223 e. The molecule has 0 radical (unpaired) electrons. The van der Waals surface area contributed by atoms with Gasteiger partial charge in [0.25, 0.3) is 0 Å². The van der Waals surface area contributed by atoms with Crippen molar-refractivity contribution in [2.75, 3.05) is 6.54 Å². The Hall–Kier alpha value is -0.530. The number of hydrogen-bond donors (Lipinski definition) is 0. The highest BCUT2D eigenvalue weighted by Crippen LogP contribution is 2.25. The Kier molecular flexibility index (Phi) is 8.69. The molecule has 1 aliphatic rings. The highest BCUT2D eigenvalue weighted by Gasteiger charge is 2.32. The van der Waals surface area contributed by atoms with E-state index in [1.165, 1.54) is 0 Å². The first-order valence-electron chi connectivity index (χ1n) is 5.81. The monoisotopic (exact) mass is 215 g/mol. The molecular weight excluding hydrogens is 186 g/mol. The second kappa shape index (κ2) is 7.72. The van der Waals surface area contributed by atoms with Gasteiger partial charge >= 0.3 is 0 Å². The molecule has 1 rings (SSSR count). The molecule has 1 amide bonds. The zero-order valence-corrected chi connectivity index (χ0v) is 10.5. The van der Waals surface area contributed by atoms with Gasteiger partial charge in [-0.2, -0.15) is 0 Å². The second-order valence-corrected chi connectivity index (χ2v) is 4.35. The molecule has 0 bridgehead atoms. The molecule has 0 aromatic carbocycles. The van der Waals surface area contributed by atoms with Crippen LogP contribution in [0.5, 0.6) is 0 Å². The zero-order valence-electron chi connectivity index (χ0n) is 10.5. The van der Waals surface area contributed by atoms with E-state index in [0.29, 0.717) is 23.8 Å². The first kappa shape index (κ1) is 16.9. The van der Waals surface area contributed by atoms with Crippen molar-refractivity contribution < 1.29 is 4.79 Å². The van der Waals surface area contributed by atoms with Crippen LogP contribution in [0.25, 0.3) is 0 Å². The van der Waals surface area contributed by atoms with E-state index in [4.69, 9.17) is 0 Å². The van der Waals surface area contributed by atoms with Gasteiger partial charge in [-0.05, 0) is 25.7 Å². The molecular formula is C13H29NO. The molecule has 2 nitrogen and oxygen atoms in total. The lowest BCUT2D eigenvalue weighted by molar-refractivity contribution is -0.129. The van der Waals surface area contributed by atoms with E-state index < -0.39 is 0 Å². The Bertz CT molecular complexity index is 175. The summed E-state index contributed by atoms with van der Waals surface area (Å²) in [5, 5.41) is 0. The van der Waals surface area contributed by atoms with E-state index in [0.717, 1.165) is 13.0 Å². The van der Waals surface area contributed by atoms with Gasteiger partial charge in [0.1, 0.15) is 0 Å². The Morgan fingerprint density at radius 2 is 1.67 bits per heavy atom. The largest absolute Gasteiger partial charge is 0.340 e. The van der Waals surface area contributed by atoms with Crippen LogP contribution >= 0.6 is 0 Å². The number of carbonyl (C=O) groups excluding carboxylic acids is 1. The van der Waals surface area contributed by atoms with Crippen LogP contribution in [0.15, 0.2) is 0 Å². The lowest BCUT2D eigenvalue weighted by Gasteiger charge is -2.21. The van der Waals surface area contributed by atoms with Crippen LogP contribution < -0.4 is 0 Å². The molecule has 0 aromatic rings. The fourth-order valence-electron chi connectivity index (χ4n) is 1.71. The van der Waals surface area contributed by atoms with Crippen molar-refractivity contribution in [3.05, 3.63) is 0 Å². The Labute approximate surface area is 96.0 Å². The Morgan fingerprint density at radius 1 is 1.20 bits per heavy atom. The normalized spacial score (nSPS) is 20.1. The summed E-state index contributed by atoms with van der Waals surface area (Å²) < 4.78 is 0. The van der Waals surface area contributed by atoms with Crippen LogP contribution in [0.4, 0.5) is 0 Å². The van der Waals surface area contributed by atoms with Crippen LogP contribution in [0, 0.1) is 11.8 Å². The molecule has 0 aliphatic carbocycles. The van der Waals surface area contributed by atoms with Crippen LogP contribution in [0.3, 0.4) is 0 Å². The molecule has 1 unspecified atom stereocenters.